The van der Waals surface area contributed by atoms with Crippen molar-refractivity contribution in [3.8, 4) is 0 Å². The van der Waals surface area contributed by atoms with Crippen molar-refractivity contribution >= 4 is 17.3 Å². The molecule has 0 radical (unpaired) electrons. The van der Waals surface area contributed by atoms with E-state index in [9.17, 15) is 14.4 Å². The molecule has 0 N–H and O–H groups in total. The number of hydrogen-bond donors (Lipinski definition) is 0. The van der Waals surface area contributed by atoms with Crippen molar-refractivity contribution in [1.29, 1.82) is 0 Å². The van der Waals surface area contributed by atoms with E-state index in [-0.39, 0.29) is 22.4 Å². The van der Waals surface area contributed by atoms with Crippen LogP contribution in [-0.2, 0) is 14.4 Å². The lowest BCUT2D eigenvalue weighted by Gasteiger charge is -2.57. The molecule has 3 nitrogen and oxygen atoms in total. The van der Waals surface area contributed by atoms with Crippen LogP contribution in [-0.4, -0.2) is 17.3 Å². The number of allylic oxidation sites excluding steroid dienone is 1. The van der Waals surface area contributed by atoms with Crippen molar-refractivity contribution in [3.05, 3.63) is 11.1 Å². The molecule has 0 aliphatic heterocycles. The summed E-state index contributed by atoms with van der Waals surface area (Å²) in [6.07, 6.45) is 7.63. The Bertz CT molecular complexity index is 687. The molecule has 3 heteroatoms. The van der Waals surface area contributed by atoms with E-state index in [1.807, 2.05) is 6.92 Å². The van der Waals surface area contributed by atoms with Gasteiger partial charge in [-0.05, 0) is 67.3 Å². The fourth-order valence-electron chi connectivity index (χ4n) is 6.99. The Balaban J connectivity index is 1.75. The smallest absolute Gasteiger partial charge is 0.166 e. The Morgan fingerprint density at radius 1 is 0.960 bits per heavy atom. The van der Waals surface area contributed by atoms with Gasteiger partial charge >= 0.3 is 0 Å². The van der Waals surface area contributed by atoms with E-state index >= 15 is 0 Å². The molecule has 25 heavy (non-hydrogen) atoms. The highest BCUT2D eigenvalue weighted by Crippen LogP contribution is 2.65. The average Bonchev–Trinajstić information content (AvgIpc) is 2.90. The monoisotopic (exact) mass is 342 g/mol. The minimum absolute atomic E-state index is 0.00996. The molecule has 3 saturated carbocycles. The normalized spacial score (nSPS) is 43.6. The third-order valence-electron chi connectivity index (χ3n) is 8.43. The number of carbonyl (C=O) groups excluding carboxylic acids is 3. The van der Waals surface area contributed by atoms with Gasteiger partial charge in [0, 0.05) is 24.7 Å². The van der Waals surface area contributed by atoms with E-state index < -0.39 is 0 Å². The Labute approximate surface area is 150 Å². The second-order valence-corrected chi connectivity index (χ2v) is 9.30. The number of fused-ring (bicyclic) bond motifs is 5. The summed E-state index contributed by atoms with van der Waals surface area (Å²) >= 11 is 0. The van der Waals surface area contributed by atoms with Crippen molar-refractivity contribution in [3.63, 3.8) is 0 Å². The van der Waals surface area contributed by atoms with E-state index in [1.54, 1.807) is 0 Å². The predicted molar refractivity (Wildman–Crippen MR) is 96.0 cm³/mol. The third kappa shape index (κ3) is 2.20. The van der Waals surface area contributed by atoms with Gasteiger partial charge in [0.05, 0.1) is 5.57 Å². The van der Waals surface area contributed by atoms with Crippen LogP contribution in [0.5, 0.6) is 0 Å². The van der Waals surface area contributed by atoms with E-state index in [0.717, 1.165) is 44.9 Å². The summed E-state index contributed by atoms with van der Waals surface area (Å²) in [5.41, 5.74) is 1.62. The first-order valence-corrected chi connectivity index (χ1v) is 10.2. The van der Waals surface area contributed by atoms with Crippen LogP contribution in [0.25, 0.3) is 0 Å². The number of carbonyl (C=O) groups is 3. The maximum Gasteiger partial charge on any atom is 0.166 e. The Morgan fingerprint density at radius 2 is 1.68 bits per heavy atom. The number of rotatable bonds is 2. The zero-order chi connectivity index (χ0) is 18.0. The van der Waals surface area contributed by atoms with Gasteiger partial charge in [0.1, 0.15) is 5.78 Å². The van der Waals surface area contributed by atoms with Crippen molar-refractivity contribution in [1.82, 2.24) is 0 Å². The Kier molecular flexibility index (Phi) is 3.86. The molecular weight excluding hydrogens is 312 g/mol. The summed E-state index contributed by atoms with van der Waals surface area (Å²) in [5.74, 6) is 2.23. The molecule has 0 bridgehead atoms. The molecule has 0 unspecified atom stereocenters. The van der Waals surface area contributed by atoms with Crippen LogP contribution < -0.4 is 0 Å². The second-order valence-electron chi connectivity index (χ2n) is 9.30. The molecule has 0 heterocycles. The van der Waals surface area contributed by atoms with Gasteiger partial charge in [0.15, 0.2) is 11.6 Å². The minimum atomic E-state index is -0.106. The molecule has 4 aliphatic rings. The molecule has 0 aromatic carbocycles. The molecule has 0 aromatic rings. The van der Waals surface area contributed by atoms with Crippen LogP contribution in [0.4, 0.5) is 0 Å². The zero-order valence-electron chi connectivity index (χ0n) is 15.8. The zero-order valence-corrected chi connectivity index (χ0v) is 15.8. The van der Waals surface area contributed by atoms with Crippen molar-refractivity contribution in [2.24, 2.45) is 28.6 Å². The maximum absolute atomic E-state index is 12.5. The highest BCUT2D eigenvalue weighted by Gasteiger charge is 2.59. The Morgan fingerprint density at radius 3 is 2.40 bits per heavy atom. The van der Waals surface area contributed by atoms with Gasteiger partial charge in [-0.2, -0.15) is 0 Å². The van der Waals surface area contributed by atoms with Crippen LogP contribution >= 0.6 is 0 Å². The molecule has 0 aromatic heterocycles. The summed E-state index contributed by atoms with van der Waals surface area (Å²) in [6, 6.07) is 0. The largest absolute Gasteiger partial charge is 0.299 e. The first-order chi connectivity index (χ1) is 11.8. The summed E-state index contributed by atoms with van der Waals surface area (Å²) in [5, 5.41) is 0. The van der Waals surface area contributed by atoms with Crippen LogP contribution in [0.2, 0.25) is 0 Å². The fourth-order valence-corrected chi connectivity index (χ4v) is 6.99. The lowest BCUT2D eigenvalue weighted by molar-refractivity contribution is -0.132. The van der Waals surface area contributed by atoms with Crippen LogP contribution in [0.15, 0.2) is 11.1 Å². The number of Topliss-reactive ketones (excluding diaryl/α,β-unsaturated/α-hetero) is 3. The molecule has 136 valence electrons. The summed E-state index contributed by atoms with van der Waals surface area (Å²) in [6.45, 7) is 6.37. The van der Waals surface area contributed by atoms with Gasteiger partial charge in [-0.25, -0.2) is 0 Å². The van der Waals surface area contributed by atoms with E-state index in [4.69, 9.17) is 0 Å². The summed E-state index contributed by atoms with van der Waals surface area (Å²) < 4.78 is 0. The lowest BCUT2D eigenvalue weighted by atomic mass is 9.47. The predicted octanol–water partition coefficient (Wildman–Crippen LogP) is 4.44. The first kappa shape index (κ1) is 17.2. The molecule has 0 saturated heterocycles. The molecule has 0 spiro atoms. The molecule has 0 amide bonds. The average molecular weight is 342 g/mol. The van der Waals surface area contributed by atoms with Gasteiger partial charge in [-0.3, -0.25) is 14.4 Å². The van der Waals surface area contributed by atoms with Gasteiger partial charge in [0.25, 0.3) is 0 Å². The lowest BCUT2D eigenvalue weighted by Crippen LogP contribution is -2.51. The highest BCUT2D eigenvalue weighted by atomic mass is 16.1. The van der Waals surface area contributed by atoms with E-state index in [0.29, 0.717) is 42.0 Å². The van der Waals surface area contributed by atoms with Crippen molar-refractivity contribution in [2.45, 2.75) is 78.6 Å². The van der Waals surface area contributed by atoms with Crippen LogP contribution in [0, 0.1) is 28.6 Å². The SMILES string of the molecule is CCC(=O)C1=C2CC[C@@H]3[C@@H](CC[C@]4(C)C(=O)CC[C@@H]34)[C@@]2(C)CCC1=O. The molecule has 5 atom stereocenters. The molecule has 4 rings (SSSR count). The van der Waals surface area contributed by atoms with Gasteiger partial charge in [-0.1, -0.05) is 20.8 Å². The molecule has 4 aliphatic carbocycles. The quantitative estimate of drug-likeness (QED) is 0.697. The molecule has 3 fully saturated rings. The van der Waals surface area contributed by atoms with E-state index in [2.05, 4.69) is 13.8 Å². The fraction of sp³-hybridized carbons (Fsp3) is 0.773. The van der Waals surface area contributed by atoms with Crippen molar-refractivity contribution in [2.75, 3.05) is 0 Å². The van der Waals surface area contributed by atoms with Crippen LogP contribution in [0.3, 0.4) is 0 Å². The Hall–Kier alpha value is -1.25. The second kappa shape index (κ2) is 5.62. The van der Waals surface area contributed by atoms with Gasteiger partial charge < -0.3 is 0 Å². The van der Waals surface area contributed by atoms with Gasteiger partial charge in [-0.15, -0.1) is 0 Å². The van der Waals surface area contributed by atoms with Crippen LogP contribution in [0.1, 0.15) is 78.6 Å². The summed E-state index contributed by atoms with van der Waals surface area (Å²) in [7, 11) is 0. The third-order valence-corrected chi connectivity index (χ3v) is 8.43. The molecular formula is C22H30O3. The topological polar surface area (TPSA) is 51.2 Å². The minimum Gasteiger partial charge on any atom is -0.299 e. The highest BCUT2D eigenvalue weighted by molar-refractivity contribution is 6.21. The maximum atomic E-state index is 12.5. The first-order valence-electron chi connectivity index (χ1n) is 10.2. The summed E-state index contributed by atoms with van der Waals surface area (Å²) in [4.78, 5) is 37.5. The van der Waals surface area contributed by atoms with Gasteiger partial charge in [0.2, 0.25) is 0 Å². The van der Waals surface area contributed by atoms with Crippen molar-refractivity contribution < 1.29 is 14.4 Å². The van der Waals surface area contributed by atoms with E-state index in [1.165, 1.54) is 5.57 Å². The number of hydrogen-bond acceptors (Lipinski definition) is 3. The number of ketones is 3. The standard InChI is InChI=1S/C22H30O3/c1-4-17(23)20-16-6-5-13-14-7-8-19(25)22(14,3)11-9-15(13)21(16,2)12-10-18(20)24/h13-15H,4-12H2,1-3H3/t13-,14-,15+,21+,22-/m0/s1.